The van der Waals surface area contributed by atoms with E-state index in [1.165, 1.54) is 12.1 Å². The monoisotopic (exact) mass is 402 g/mol. The molecule has 4 nitrogen and oxygen atoms in total. The molecule has 1 amide bonds. The first-order chi connectivity index (χ1) is 12.3. The molecule has 2 rings (SSSR count). The third-order valence-corrected chi connectivity index (χ3v) is 3.90. The Bertz CT molecular complexity index is 726. The molecule has 8 heteroatoms. The summed E-state index contributed by atoms with van der Waals surface area (Å²) in [5.74, 6) is -0.590. The molecule has 0 bridgehead atoms. The Morgan fingerprint density at radius 1 is 1.15 bits per heavy atom. The maximum absolute atomic E-state index is 12.3. The van der Waals surface area contributed by atoms with E-state index in [0.29, 0.717) is 5.56 Å². The van der Waals surface area contributed by atoms with Gasteiger partial charge in [0.1, 0.15) is 5.75 Å². The lowest BCUT2D eigenvalue weighted by Gasteiger charge is -2.20. The molecule has 2 unspecified atom stereocenters. The number of carbonyl (C=O) groups excluding carboxylic acids is 1. The molecule has 148 valence electrons. The average Bonchev–Trinajstić information content (AvgIpc) is 2.63. The Hall–Kier alpha value is -2.25. The second kappa shape index (κ2) is 10.2. The Balaban J connectivity index is 0.00000364. The van der Waals surface area contributed by atoms with Gasteiger partial charge in [0.05, 0.1) is 5.92 Å². The van der Waals surface area contributed by atoms with Gasteiger partial charge in [0.25, 0.3) is 0 Å². The van der Waals surface area contributed by atoms with Crippen molar-refractivity contribution in [2.75, 3.05) is 6.61 Å². The van der Waals surface area contributed by atoms with Crippen molar-refractivity contribution in [2.45, 2.75) is 25.7 Å². The molecule has 27 heavy (non-hydrogen) atoms. The fourth-order valence-corrected chi connectivity index (χ4v) is 2.39. The fourth-order valence-electron chi connectivity index (χ4n) is 2.39. The van der Waals surface area contributed by atoms with E-state index in [1.54, 1.807) is 19.1 Å². The minimum atomic E-state index is -4.40. The molecule has 0 saturated heterocycles. The number of ether oxygens (including phenoxy) is 1. The lowest BCUT2D eigenvalue weighted by molar-refractivity contribution is -0.153. The summed E-state index contributed by atoms with van der Waals surface area (Å²) in [5.41, 5.74) is 7.62. The predicted molar refractivity (Wildman–Crippen MR) is 99.6 cm³/mol. The molecule has 0 fully saturated rings. The highest BCUT2D eigenvalue weighted by atomic mass is 35.5. The number of carbonyl (C=O) groups is 1. The van der Waals surface area contributed by atoms with E-state index in [2.05, 4.69) is 5.32 Å². The number of halogens is 4. The maximum atomic E-state index is 12.3. The zero-order chi connectivity index (χ0) is 19.2. The van der Waals surface area contributed by atoms with Gasteiger partial charge >= 0.3 is 6.18 Å². The zero-order valence-electron chi connectivity index (χ0n) is 14.7. The van der Waals surface area contributed by atoms with Crippen molar-refractivity contribution in [1.29, 1.82) is 0 Å². The quantitative estimate of drug-likeness (QED) is 0.735. The van der Waals surface area contributed by atoms with Gasteiger partial charge in [0, 0.05) is 12.6 Å². The third-order valence-electron chi connectivity index (χ3n) is 3.90. The van der Waals surface area contributed by atoms with Crippen molar-refractivity contribution in [3.63, 3.8) is 0 Å². The molecule has 2 aromatic carbocycles. The second-order valence-corrected chi connectivity index (χ2v) is 5.99. The van der Waals surface area contributed by atoms with E-state index >= 15 is 0 Å². The minimum Gasteiger partial charge on any atom is -0.484 e. The molecule has 3 N–H and O–H groups in total. The lowest BCUT2D eigenvalue weighted by atomic mass is 9.94. The van der Waals surface area contributed by atoms with Crippen LogP contribution in [0, 0.1) is 5.92 Å². The summed E-state index contributed by atoms with van der Waals surface area (Å²) >= 11 is 0. The summed E-state index contributed by atoms with van der Waals surface area (Å²) in [7, 11) is 0. The van der Waals surface area contributed by atoms with Crippen LogP contribution < -0.4 is 15.8 Å². The number of amides is 1. The van der Waals surface area contributed by atoms with Gasteiger partial charge in [-0.25, -0.2) is 0 Å². The number of alkyl halides is 3. The Morgan fingerprint density at radius 3 is 2.44 bits per heavy atom. The van der Waals surface area contributed by atoms with E-state index in [9.17, 15) is 18.0 Å². The van der Waals surface area contributed by atoms with Crippen molar-refractivity contribution in [3.05, 3.63) is 65.7 Å². The SMILES string of the molecule is CC(C(=O)NCc1cccc(OCC(F)(F)F)c1)C(N)c1ccccc1.Cl. The van der Waals surface area contributed by atoms with Gasteiger partial charge in [0.15, 0.2) is 6.61 Å². The van der Waals surface area contributed by atoms with E-state index in [1.807, 2.05) is 30.3 Å². The predicted octanol–water partition coefficient (Wildman–Crippen LogP) is 4.00. The van der Waals surface area contributed by atoms with Crippen molar-refractivity contribution in [3.8, 4) is 5.75 Å². The molecule has 0 saturated carbocycles. The van der Waals surface area contributed by atoms with Crippen LogP contribution in [-0.4, -0.2) is 18.7 Å². The van der Waals surface area contributed by atoms with Gasteiger partial charge in [-0.3, -0.25) is 4.79 Å². The first-order valence-corrected chi connectivity index (χ1v) is 8.13. The Kier molecular flexibility index (Phi) is 8.59. The summed E-state index contributed by atoms with van der Waals surface area (Å²) in [6, 6.07) is 15.0. The summed E-state index contributed by atoms with van der Waals surface area (Å²) in [6.45, 7) is 0.551. The topological polar surface area (TPSA) is 64.3 Å². The van der Waals surface area contributed by atoms with Crippen molar-refractivity contribution in [2.24, 2.45) is 11.7 Å². The largest absolute Gasteiger partial charge is 0.484 e. The summed E-state index contributed by atoms with van der Waals surface area (Å²) in [5, 5.41) is 2.75. The van der Waals surface area contributed by atoms with Crippen molar-refractivity contribution >= 4 is 18.3 Å². The van der Waals surface area contributed by atoms with Crippen molar-refractivity contribution in [1.82, 2.24) is 5.32 Å². The van der Waals surface area contributed by atoms with Crippen molar-refractivity contribution < 1.29 is 22.7 Å². The molecular formula is C19H22ClF3N2O2. The van der Waals surface area contributed by atoms with E-state index in [4.69, 9.17) is 10.5 Å². The van der Waals surface area contributed by atoms with Gasteiger partial charge in [-0.15, -0.1) is 12.4 Å². The van der Waals surface area contributed by atoms with E-state index < -0.39 is 24.7 Å². The fraction of sp³-hybridized carbons (Fsp3) is 0.316. The van der Waals surface area contributed by atoms with E-state index in [0.717, 1.165) is 5.56 Å². The molecule has 0 radical (unpaired) electrons. The van der Waals surface area contributed by atoms with Gasteiger partial charge < -0.3 is 15.8 Å². The molecule has 0 aliphatic carbocycles. The standard InChI is InChI=1S/C19H21F3N2O2.ClH/c1-13(17(23)15-7-3-2-4-8-15)18(25)24-11-14-6-5-9-16(10-14)26-12-19(20,21)22;/h2-10,13,17H,11-12,23H2,1H3,(H,24,25);1H. The van der Waals surface area contributed by atoms with Crippen LogP contribution in [0.3, 0.4) is 0 Å². The second-order valence-electron chi connectivity index (χ2n) is 5.99. The number of benzene rings is 2. The Labute approximate surface area is 162 Å². The van der Waals surface area contributed by atoms with Crippen LogP contribution >= 0.6 is 12.4 Å². The smallest absolute Gasteiger partial charge is 0.422 e. The molecular weight excluding hydrogens is 381 g/mol. The first kappa shape index (κ1) is 22.8. The molecule has 2 aromatic rings. The first-order valence-electron chi connectivity index (χ1n) is 8.13. The van der Waals surface area contributed by atoms with Gasteiger partial charge in [-0.05, 0) is 23.3 Å². The van der Waals surface area contributed by atoms with E-state index in [-0.39, 0.29) is 30.6 Å². The Morgan fingerprint density at radius 2 is 1.81 bits per heavy atom. The number of hydrogen-bond acceptors (Lipinski definition) is 3. The maximum Gasteiger partial charge on any atom is 0.422 e. The summed E-state index contributed by atoms with van der Waals surface area (Å²) in [6.07, 6.45) is -4.40. The number of rotatable bonds is 7. The van der Waals surface area contributed by atoms with Crippen LogP contribution in [0.25, 0.3) is 0 Å². The average molecular weight is 403 g/mol. The highest BCUT2D eigenvalue weighted by Crippen LogP contribution is 2.21. The van der Waals surface area contributed by atoms with Gasteiger partial charge in [0.2, 0.25) is 5.91 Å². The molecule has 0 spiro atoms. The van der Waals surface area contributed by atoms with Gasteiger partial charge in [-0.2, -0.15) is 13.2 Å². The van der Waals surface area contributed by atoms with Crippen LogP contribution in [0.5, 0.6) is 5.75 Å². The summed E-state index contributed by atoms with van der Waals surface area (Å²) in [4.78, 5) is 12.3. The number of hydrogen-bond donors (Lipinski definition) is 2. The summed E-state index contributed by atoms with van der Waals surface area (Å²) < 4.78 is 41.3. The molecule has 0 aliphatic heterocycles. The zero-order valence-corrected chi connectivity index (χ0v) is 15.5. The van der Waals surface area contributed by atoms with Crippen LogP contribution in [0.2, 0.25) is 0 Å². The van der Waals surface area contributed by atoms with Crippen LogP contribution in [-0.2, 0) is 11.3 Å². The number of nitrogens with one attached hydrogen (secondary N) is 1. The third kappa shape index (κ3) is 7.48. The molecule has 0 aromatic heterocycles. The molecule has 0 aliphatic rings. The van der Waals surface area contributed by atoms with Gasteiger partial charge in [-0.1, -0.05) is 49.4 Å². The molecule has 2 atom stereocenters. The van der Waals surface area contributed by atoms with Crippen LogP contribution in [0.15, 0.2) is 54.6 Å². The lowest BCUT2D eigenvalue weighted by Crippen LogP contribution is -2.35. The normalized spacial score (nSPS) is 13.2. The highest BCUT2D eigenvalue weighted by Gasteiger charge is 2.28. The van der Waals surface area contributed by atoms with Crippen LogP contribution in [0.1, 0.15) is 24.1 Å². The minimum absolute atomic E-state index is 0. The highest BCUT2D eigenvalue weighted by molar-refractivity contribution is 5.85. The number of nitrogens with two attached hydrogens (primary N) is 1. The molecule has 0 heterocycles. The van der Waals surface area contributed by atoms with Crippen LogP contribution in [0.4, 0.5) is 13.2 Å².